The summed E-state index contributed by atoms with van der Waals surface area (Å²) in [5, 5.41) is 32.8. The Labute approximate surface area is 201 Å². The minimum atomic E-state index is -0.971. The van der Waals surface area contributed by atoms with E-state index < -0.39 is 39.8 Å². The molecule has 36 heavy (non-hydrogen) atoms. The molecule has 0 fully saturated rings. The summed E-state index contributed by atoms with van der Waals surface area (Å²) in [7, 11) is 0. The summed E-state index contributed by atoms with van der Waals surface area (Å²) in [5.41, 5.74) is 1.23. The quantitative estimate of drug-likeness (QED) is 0.216. The number of carbonyl (C=O) groups is 2. The molecule has 3 heterocycles. The van der Waals surface area contributed by atoms with Crippen LogP contribution in [0.1, 0.15) is 23.0 Å². The maximum absolute atomic E-state index is 12.6. The lowest BCUT2D eigenvalue weighted by Crippen LogP contribution is -2.20. The van der Waals surface area contributed by atoms with Crippen molar-refractivity contribution in [3.8, 4) is 11.3 Å². The summed E-state index contributed by atoms with van der Waals surface area (Å²) in [6.45, 7) is 2.69. The van der Waals surface area contributed by atoms with Crippen molar-refractivity contribution >= 4 is 34.7 Å². The number of hydrogen-bond acceptors (Lipinski definition) is 10. The van der Waals surface area contributed by atoms with E-state index in [4.69, 9.17) is 4.74 Å². The third-order valence-corrected chi connectivity index (χ3v) is 5.14. The molecule has 4 aromatic rings. The van der Waals surface area contributed by atoms with Gasteiger partial charge in [0.05, 0.1) is 28.5 Å². The second-order valence-electron chi connectivity index (χ2n) is 7.40. The number of amides is 1. The van der Waals surface area contributed by atoms with Gasteiger partial charge in [-0.15, -0.1) is 0 Å². The molecular weight excluding hydrogens is 476 g/mol. The number of nitrogens with zero attached hydrogens (tertiary/aromatic N) is 7. The van der Waals surface area contributed by atoms with E-state index in [0.717, 1.165) is 4.68 Å². The molecule has 0 aliphatic heterocycles. The van der Waals surface area contributed by atoms with Crippen molar-refractivity contribution in [2.75, 3.05) is 11.9 Å². The monoisotopic (exact) mass is 494 g/mol. The van der Waals surface area contributed by atoms with Gasteiger partial charge in [-0.2, -0.15) is 9.78 Å². The average Bonchev–Trinajstić information content (AvgIpc) is 3.41. The van der Waals surface area contributed by atoms with Crippen LogP contribution in [0, 0.1) is 27.2 Å². The van der Waals surface area contributed by atoms with Crippen LogP contribution < -0.4 is 5.32 Å². The lowest BCUT2D eigenvalue weighted by atomic mass is 10.1. The van der Waals surface area contributed by atoms with Gasteiger partial charge in [0, 0.05) is 17.4 Å². The van der Waals surface area contributed by atoms with Gasteiger partial charge in [-0.25, -0.2) is 14.3 Å². The van der Waals surface area contributed by atoms with Gasteiger partial charge < -0.3 is 20.2 Å². The molecule has 4 rings (SSSR count). The van der Waals surface area contributed by atoms with Crippen molar-refractivity contribution in [1.82, 2.24) is 24.4 Å². The molecule has 1 N–H and O–H groups in total. The van der Waals surface area contributed by atoms with Gasteiger partial charge in [0.1, 0.15) is 17.8 Å². The number of nitro groups is 2. The van der Waals surface area contributed by atoms with Gasteiger partial charge in [0.2, 0.25) is 5.91 Å². The zero-order chi connectivity index (χ0) is 26.0. The second-order valence-corrected chi connectivity index (χ2v) is 7.40. The zero-order valence-corrected chi connectivity index (χ0v) is 18.9. The number of ether oxygens (including phenoxy) is 1. The molecule has 184 valence electrons. The second kappa shape index (κ2) is 9.57. The highest BCUT2D eigenvalue weighted by molar-refractivity contribution is 5.96. The number of carbonyl (C=O) groups excluding carboxylic acids is 2. The smallest absolute Gasteiger partial charge is 0.462 e. The molecule has 1 amide bonds. The molecule has 15 heteroatoms. The average molecular weight is 494 g/mol. The Hall–Kier alpha value is -5.21. The van der Waals surface area contributed by atoms with Crippen LogP contribution >= 0.6 is 0 Å². The van der Waals surface area contributed by atoms with Gasteiger partial charge in [0.15, 0.2) is 5.65 Å². The van der Waals surface area contributed by atoms with Crippen molar-refractivity contribution in [3.05, 3.63) is 74.2 Å². The first-order chi connectivity index (χ1) is 17.2. The minimum Gasteiger partial charge on any atom is -0.462 e. The predicted octanol–water partition coefficient (Wildman–Crippen LogP) is 2.53. The number of aromatic nitrogens is 5. The van der Waals surface area contributed by atoms with Crippen LogP contribution in [0.5, 0.6) is 0 Å². The standard InChI is InChI=1S/C21H18N8O7/c1-3-36-21(31)15-10-23-27-16(7-8-22-19(15)27)13-5-4-6-14(9-13)24-17(30)11-26-12(2)18(28(32)33)20(25-26)29(34)35/h4-10H,3,11H2,1-2H3,(H,24,30). The van der Waals surface area contributed by atoms with E-state index in [-0.39, 0.29) is 17.9 Å². The largest absolute Gasteiger partial charge is 0.468 e. The predicted molar refractivity (Wildman–Crippen MR) is 123 cm³/mol. The molecule has 0 unspecified atom stereocenters. The van der Waals surface area contributed by atoms with E-state index in [1.165, 1.54) is 23.8 Å². The van der Waals surface area contributed by atoms with E-state index in [2.05, 4.69) is 20.5 Å². The van der Waals surface area contributed by atoms with Gasteiger partial charge >= 0.3 is 17.5 Å². The number of fused-ring (bicyclic) bond motifs is 1. The van der Waals surface area contributed by atoms with Crippen LogP contribution in [-0.4, -0.2) is 52.7 Å². The van der Waals surface area contributed by atoms with Crippen molar-refractivity contribution in [2.24, 2.45) is 0 Å². The SMILES string of the molecule is CCOC(=O)c1cnn2c(-c3cccc(NC(=O)Cn4nc([N+](=O)[O-])c([N+](=O)[O-])c4C)c3)ccnc12. The van der Waals surface area contributed by atoms with E-state index in [9.17, 15) is 29.8 Å². The Morgan fingerprint density at radius 1 is 1.17 bits per heavy atom. The van der Waals surface area contributed by atoms with Crippen LogP contribution in [0.2, 0.25) is 0 Å². The summed E-state index contributed by atoms with van der Waals surface area (Å²) in [5.74, 6) is -2.09. The molecule has 0 saturated carbocycles. The first-order valence-electron chi connectivity index (χ1n) is 10.5. The van der Waals surface area contributed by atoms with Gasteiger partial charge in [-0.3, -0.25) is 14.9 Å². The van der Waals surface area contributed by atoms with Crippen LogP contribution in [-0.2, 0) is 16.1 Å². The number of rotatable bonds is 8. The number of anilines is 1. The highest BCUT2D eigenvalue weighted by Crippen LogP contribution is 2.29. The van der Waals surface area contributed by atoms with E-state index in [1.54, 1.807) is 37.3 Å². The summed E-state index contributed by atoms with van der Waals surface area (Å²) >= 11 is 0. The van der Waals surface area contributed by atoms with Crippen LogP contribution in [0.15, 0.2) is 42.7 Å². The fourth-order valence-electron chi connectivity index (χ4n) is 3.57. The molecule has 0 spiro atoms. The van der Waals surface area contributed by atoms with E-state index in [1.807, 2.05) is 0 Å². The van der Waals surface area contributed by atoms with Crippen molar-refractivity contribution in [2.45, 2.75) is 20.4 Å². The first kappa shape index (κ1) is 23.9. The molecule has 3 aromatic heterocycles. The fraction of sp³-hybridized carbons (Fsp3) is 0.190. The molecule has 0 aliphatic rings. The van der Waals surface area contributed by atoms with Gasteiger partial charge in [0.25, 0.3) is 0 Å². The number of nitrogens with one attached hydrogen (secondary N) is 1. The molecule has 0 atom stereocenters. The Morgan fingerprint density at radius 2 is 1.94 bits per heavy atom. The molecule has 0 aliphatic carbocycles. The molecule has 15 nitrogen and oxygen atoms in total. The van der Waals surface area contributed by atoms with E-state index in [0.29, 0.717) is 22.6 Å². The third kappa shape index (κ3) is 4.44. The Morgan fingerprint density at radius 3 is 2.61 bits per heavy atom. The van der Waals surface area contributed by atoms with Crippen LogP contribution in [0.4, 0.5) is 17.2 Å². The summed E-state index contributed by atoms with van der Waals surface area (Å²) < 4.78 is 7.41. The summed E-state index contributed by atoms with van der Waals surface area (Å²) in [4.78, 5) is 49.4. The van der Waals surface area contributed by atoms with Crippen molar-refractivity contribution < 1.29 is 24.2 Å². The van der Waals surface area contributed by atoms with Crippen molar-refractivity contribution in [1.29, 1.82) is 0 Å². The minimum absolute atomic E-state index is 0.120. The van der Waals surface area contributed by atoms with Crippen molar-refractivity contribution in [3.63, 3.8) is 0 Å². The van der Waals surface area contributed by atoms with Gasteiger partial charge in [-0.1, -0.05) is 12.1 Å². The van der Waals surface area contributed by atoms with E-state index >= 15 is 0 Å². The summed E-state index contributed by atoms with van der Waals surface area (Å²) in [6, 6.07) is 8.40. The zero-order valence-electron chi connectivity index (χ0n) is 18.9. The number of hydrogen-bond donors (Lipinski definition) is 1. The lowest BCUT2D eigenvalue weighted by Gasteiger charge is -2.09. The fourth-order valence-corrected chi connectivity index (χ4v) is 3.57. The Bertz CT molecular complexity index is 1520. The van der Waals surface area contributed by atoms with Crippen LogP contribution in [0.3, 0.4) is 0 Å². The molecule has 0 saturated heterocycles. The van der Waals surface area contributed by atoms with Crippen LogP contribution in [0.25, 0.3) is 16.9 Å². The maximum Gasteiger partial charge on any atom is 0.468 e. The first-order valence-corrected chi connectivity index (χ1v) is 10.5. The van der Waals surface area contributed by atoms with Gasteiger partial charge in [-0.05, 0) is 37.0 Å². The molecular formula is C21H18N8O7. The molecule has 0 bridgehead atoms. The molecule has 0 radical (unpaired) electrons. The summed E-state index contributed by atoms with van der Waals surface area (Å²) in [6.07, 6.45) is 2.88. The highest BCUT2D eigenvalue weighted by Gasteiger charge is 2.35. The lowest BCUT2D eigenvalue weighted by molar-refractivity contribution is -0.424. The topological polar surface area (TPSA) is 190 Å². The Kier molecular flexibility index (Phi) is 6.36. The number of benzene rings is 1. The normalized spacial score (nSPS) is 10.8. The maximum atomic E-state index is 12.6. The third-order valence-electron chi connectivity index (χ3n) is 5.14. The Balaban J connectivity index is 1.59. The molecule has 1 aromatic carbocycles. The highest BCUT2D eigenvalue weighted by atomic mass is 16.6. The number of esters is 1.